The van der Waals surface area contributed by atoms with Crippen LogP contribution < -0.4 is 20.1 Å². The average molecular weight is 617 g/mol. The first-order chi connectivity index (χ1) is 18.1. The highest BCUT2D eigenvalue weighted by atomic mass is 79.9. The van der Waals surface area contributed by atoms with E-state index in [9.17, 15) is 14.9 Å². The van der Waals surface area contributed by atoms with Crippen LogP contribution in [0.2, 0.25) is 10.0 Å². The topological polar surface area (TPSA) is 100 Å². The zero-order valence-electron chi connectivity index (χ0n) is 20.8. The van der Waals surface area contributed by atoms with Crippen molar-refractivity contribution in [3.05, 3.63) is 85.3 Å². The Morgan fingerprint density at radius 3 is 2.50 bits per heavy atom. The predicted octanol–water partition coefficient (Wildman–Crippen LogP) is 7.33. The van der Waals surface area contributed by atoms with Gasteiger partial charge in [0.15, 0.2) is 18.1 Å². The van der Waals surface area contributed by atoms with Gasteiger partial charge in [0.25, 0.3) is 11.8 Å². The van der Waals surface area contributed by atoms with E-state index in [0.717, 1.165) is 11.1 Å². The van der Waals surface area contributed by atoms with Gasteiger partial charge in [0, 0.05) is 11.4 Å². The summed E-state index contributed by atoms with van der Waals surface area (Å²) >= 11 is 15.3. The Labute approximate surface area is 239 Å². The van der Waals surface area contributed by atoms with Gasteiger partial charge in [-0.25, -0.2) is 0 Å². The molecule has 7 nitrogen and oxygen atoms in total. The van der Waals surface area contributed by atoms with Crippen molar-refractivity contribution in [2.75, 3.05) is 23.8 Å². The molecule has 0 saturated heterocycles. The highest BCUT2D eigenvalue weighted by molar-refractivity contribution is 9.10. The molecule has 0 aliphatic carbocycles. The molecule has 3 aromatic carbocycles. The monoisotopic (exact) mass is 615 g/mol. The lowest BCUT2D eigenvalue weighted by molar-refractivity contribution is -0.118. The number of nitriles is 1. The number of aryl methyl sites for hydroxylation is 1. The molecule has 0 heterocycles. The fraction of sp³-hybridized carbons (Fsp3) is 0.179. The van der Waals surface area contributed by atoms with Crippen LogP contribution in [0.25, 0.3) is 6.08 Å². The molecular weight excluding hydrogens is 593 g/mol. The van der Waals surface area contributed by atoms with Crippen molar-refractivity contribution in [3.63, 3.8) is 0 Å². The van der Waals surface area contributed by atoms with E-state index in [0.29, 0.717) is 49.6 Å². The molecule has 3 rings (SSSR count). The summed E-state index contributed by atoms with van der Waals surface area (Å²) in [5, 5.41) is 15.8. The molecule has 3 aromatic rings. The first-order valence-electron chi connectivity index (χ1n) is 11.5. The van der Waals surface area contributed by atoms with E-state index in [2.05, 4.69) is 26.6 Å². The van der Waals surface area contributed by atoms with Crippen LogP contribution in [0.5, 0.6) is 11.5 Å². The lowest BCUT2D eigenvalue weighted by Crippen LogP contribution is -2.20. The van der Waals surface area contributed by atoms with Crippen molar-refractivity contribution >= 4 is 68.4 Å². The second-order valence-electron chi connectivity index (χ2n) is 8.10. The highest BCUT2D eigenvalue weighted by Crippen LogP contribution is 2.37. The predicted molar refractivity (Wildman–Crippen MR) is 154 cm³/mol. The summed E-state index contributed by atoms with van der Waals surface area (Å²) in [7, 11) is 0. The Morgan fingerprint density at radius 2 is 1.82 bits per heavy atom. The summed E-state index contributed by atoms with van der Waals surface area (Å²) < 4.78 is 11.9. The number of halogens is 3. The van der Waals surface area contributed by atoms with Gasteiger partial charge in [-0.2, -0.15) is 5.26 Å². The van der Waals surface area contributed by atoms with E-state index in [1.807, 2.05) is 32.0 Å². The standard InChI is InChI=1S/C28H24BrCl2N3O4/c1-4-37-25-12-18(10-19(14-32)28(36)34-24-7-5-6-16(2)17(24)3)11-21(29)27(25)38-15-26(35)33-20-8-9-22(30)23(31)13-20/h5-13H,4,15H2,1-3H3,(H,33,35)(H,34,36)/b19-10-. The zero-order valence-corrected chi connectivity index (χ0v) is 23.9. The summed E-state index contributed by atoms with van der Waals surface area (Å²) in [5.74, 6) is -0.319. The fourth-order valence-corrected chi connectivity index (χ4v) is 4.25. The number of anilines is 2. The molecule has 0 saturated carbocycles. The number of nitrogens with one attached hydrogen (secondary N) is 2. The molecule has 0 bridgehead atoms. The van der Waals surface area contributed by atoms with Crippen LogP contribution >= 0.6 is 39.1 Å². The van der Waals surface area contributed by atoms with Gasteiger partial charge >= 0.3 is 0 Å². The summed E-state index contributed by atoms with van der Waals surface area (Å²) in [6.45, 7) is 5.66. The Morgan fingerprint density at radius 1 is 1.05 bits per heavy atom. The van der Waals surface area contributed by atoms with Crippen LogP contribution in [-0.4, -0.2) is 25.0 Å². The number of rotatable bonds is 9. The van der Waals surface area contributed by atoms with Gasteiger partial charge in [0.2, 0.25) is 0 Å². The van der Waals surface area contributed by atoms with E-state index in [1.165, 1.54) is 12.1 Å². The average Bonchev–Trinajstić information content (AvgIpc) is 2.87. The summed E-state index contributed by atoms with van der Waals surface area (Å²) in [6.07, 6.45) is 1.45. The maximum Gasteiger partial charge on any atom is 0.266 e. The van der Waals surface area contributed by atoms with E-state index in [1.54, 1.807) is 37.3 Å². The highest BCUT2D eigenvalue weighted by Gasteiger charge is 2.16. The third kappa shape index (κ3) is 7.51. The molecule has 10 heteroatoms. The van der Waals surface area contributed by atoms with Crippen molar-refractivity contribution in [3.8, 4) is 17.6 Å². The van der Waals surface area contributed by atoms with Gasteiger partial charge in [-0.3, -0.25) is 9.59 Å². The summed E-state index contributed by atoms with van der Waals surface area (Å²) in [5.41, 5.74) is 3.49. The number of carbonyl (C=O) groups is 2. The molecule has 0 atom stereocenters. The number of benzene rings is 3. The lowest BCUT2D eigenvalue weighted by Gasteiger charge is -2.15. The number of nitrogens with zero attached hydrogens (tertiary/aromatic N) is 1. The molecule has 0 unspecified atom stereocenters. The van der Waals surface area contributed by atoms with E-state index in [4.69, 9.17) is 32.7 Å². The number of amides is 2. The quantitative estimate of drug-likeness (QED) is 0.194. The van der Waals surface area contributed by atoms with Crippen molar-refractivity contribution in [2.45, 2.75) is 20.8 Å². The fourth-order valence-electron chi connectivity index (χ4n) is 3.37. The summed E-state index contributed by atoms with van der Waals surface area (Å²) in [4.78, 5) is 25.2. The second kappa shape index (κ2) is 13.3. The van der Waals surface area contributed by atoms with Crippen molar-refractivity contribution in [1.29, 1.82) is 5.26 Å². The molecule has 0 fully saturated rings. The minimum absolute atomic E-state index is 0.0880. The van der Waals surface area contributed by atoms with Crippen LogP contribution in [0.15, 0.2) is 58.6 Å². The van der Waals surface area contributed by atoms with Crippen LogP contribution in [0, 0.1) is 25.2 Å². The molecule has 0 spiro atoms. The van der Waals surface area contributed by atoms with Crippen LogP contribution in [0.4, 0.5) is 11.4 Å². The molecule has 2 amide bonds. The zero-order chi connectivity index (χ0) is 27.8. The van der Waals surface area contributed by atoms with Gasteiger partial charge in [-0.15, -0.1) is 0 Å². The minimum Gasteiger partial charge on any atom is -0.490 e. The number of hydrogen-bond acceptors (Lipinski definition) is 5. The first-order valence-corrected chi connectivity index (χ1v) is 13.0. The van der Waals surface area contributed by atoms with Gasteiger partial charge in [-0.1, -0.05) is 35.3 Å². The minimum atomic E-state index is -0.533. The summed E-state index contributed by atoms with van der Waals surface area (Å²) in [6, 6.07) is 15.5. The number of carbonyl (C=O) groups excluding carboxylic acids is 2. The third-order valence-corrected chi connectivity index (χ3v) is 6.74. The van der Waals surface area contributed by atoms with Crippen LogP contribution in [0.1, 0.15) is 23.6 Å². The number of hydrogen-bond donors (Lipinski definition) is 2. The van der Waals surface area contributed by atoms with E-state index in [-0.39, 0.29) is 12.2 Å². The van der Waals surface area contributed by atoms with Gasteiger partial charge in [0.1, 0.15) is 11.6 Å². The molecule has 0 aliphatic heterocycles. The molecule has 38 heavy (non-hydrogen) atoms. The molecule has 0 aliphatic rings. The Balaban J connectivity index is 1.78. The molecule has 2 N–H and O–H groups in total. The molecule has 0 aromatic heterocycles. The molecular formula is C28H24BrCl2N3O4. The van der Waals surface area contributed by atoms with Gasteiger partial charge in [-0.05, 0) is 95.9 Å². The van der Waals surface area contributed by atoms with Crippen molar-refractivity contribution in [2.24, 2.45) is 0 Å². The normalized spacial score (nSPS) is 10.9. The van der Waals surface area contributed by atoms with Crippen LogP contribution in [0.3, 0.4) is 0 Å². The Hall–Kier alpha value is -3.51. The third-order valence-electron chi connectivity index (χ3n) is 5.41. The maximum absolute atomic E-state index is 12.8. The van der Waals surface area contributed by atoms with E-state index < -0.39 is 11.8 Å². The number of ether oxygens (including phenoxy) is 2. The SMILES string of the molecule is CCOc1cc(/C=C(/C#N)C(=O)Nc2cccc(C)c2C)cc(Br)c1OCC(=O)Nc1ccc(Cl)c(Cl)c1. The van der Waals surface area contributed by atoms with Gasteiger partial charge < -0.3 is 20.1 Å². The largest absolute Gasteiger partial charge is 0.490 e. The lowest BCUT2D eigenvalue weighted by atomic mass is 10.1. The van der Waals surface area contributed by atoms with Crippen molar-refractivity contribution < 1.29 is 19.1 Å². The van der Waals surface area contributed by atoms with Crippen LogP contribution in [-0.2, 0) is 9.59 Å². The van der Waals surface area contributed by atoms with Crippen molar-refractivity contribution in [1.82, 2.24) is 0 Å². The molecule has 196 valence electrons. The first kappa shape index (κ1) is 29.1. The smallest absolute Gasteiger partial charge is 0.266 e. The Bertz CT molecular complexity index is 1450. The second-order valence-corrected chi connectivity index (χ2v) is 9.77. The van der Waals surface area contributed by atoms with E-state index >= 15 is 0 Å². The Kier molecular flexibility index (Phi) is 10.2. The van der Waals surface area contributed by atoms with Gasteiger partial charge in [0.05, 0.1) is 21.1 Å². The molecule has 0 radical (unpaired) electrons. The maximum atomic E-state index is 12.8.